The largest absolute Gasteiger partial charge is 0.350 e. The standard InChI is InChI=1S/C12H21ClN2O/c1-8(13)7-14-12(16)11(4)15-9(2)5-6-10(15)3/h9-11H,1,5-7H2,2-4H3,(H,14,16). The molecule has 1 N–H and O–H groups in total. The molecule has 1 saturated heterocycles. The number of likely N-dealkylation sites (tertiary alicyclic amines) is 1. The lowest BCUT2D eigenvalue weighted by Crippen LogP contribution is -2.49. The topological polar surface area (TPSA) is 32.3 Å². The van der Waals surface area contributed by atoms with Crippen LogP contribution < -0.4 is 5.32 Å². The van der Waals surface area contributed by atoms with Gasteiger partial charge in [-0.3, -0.25) is 9.69 Å². The van der Waals surface area contributed by atoms with Crippen molar-refractivity contribution < 1.29 is 4.79 Å². The molecule has 1 fully saturated rings. The van der Waals surface area contributed by atoms with Crippen molar-refractivity contribution >= 4 is 17.5 Å². The average Bonchev–Trinajstić information content (AvgIpc) is 2.54. The van der Waals surface area contributed by atoms with Gasteiger partial charge in [-0.1, -0.05) is 18.2 Å². The number of hydrogen-bond donors (Lipinski definition) is 1. The van der Waals surface area contributed by atoms with Gasteiger partial charge in [0.15, 0.2) is 0 Å². The van der Waals surface area contributed by atoms with Crippen molar-refractivity contribution in [2.24, 2.45) is 0 Å². The first-order valence-electron chi connectivity index (χ1n) is 5.82. The number of halogens is 1. The lowest BCUT2D eigenvalue weighted by molar-refractivity contribution is -0.126. The van der Waals surface area contributed by atoms with Gasteiger partial charge in [0.2, 0.25) is 5.91 Å². The van der Waals surface area contributed by atoms with E-state index in [-0.39, 0.29) is 11.9 Å². The molecule has 1 aliphatic heterocycles. The predicted molar refractivity (Wildman–Crippen MR) is 67.5 cm³/mol. The van der Waals surface area contributed by atoms with Gasteiger partial charge in [-0.25, -0.2) is 0 Å². The third-order valence-electron chi connectivity index (χ3n) is 3.30. The maximum absolute atomic E-state index is 11.9. The number of nitrogens with one attached hydrogen (secondary N) is 1. The second-order valence-corrected chi connectivity index (χ2v) is 5.17. The summed E-state index contributed by atoms with van der Waals surface area (Å²) >= 11 is 5.62. The fourth-order valence-corrected chi connectivity index (χ4v) is 2.51. The summed E-state index contributed by atoms with van der Waals surface area (Å²) in [5.41, 5.74) is 0. The number of amides is 1. The Morgan fingerprint density at radius 2 is 2.00 bits per heavy atom. The molecule has 0 saturated carbocycles. The molecular formula is C12H21ClN2O. The Bertz CT molecular complexity index is 270. The highest BCUT2D eigenvalue weighted by molar-refractivity contribution is 6.29. The van der Waals surface area contributed by atoms with Crippen LogP contribution in [0.2, 0.25) is 0 Å². The van der Waals surface area contributed by atoms with Crippen LogP contribution in [0, 0.1) is 0 Å². The highest BCUT2D eigenvalue weighted by Gasteiger charge is 2.34. The maximum Gasteiger partial charge on any atom is 0.237 e. The number of rotatable bonds is 4. The first-order chi connectivity index (χ1) is 7.43. The van der Waals surface area contributed by atoms with E-state index < -0.39 is 0 Å². The first-order valence-corrected chi connectivity index (χ1v) is 6.19. The van der Waals surface area contributed by atoms with Crippen LogP contribution in [0.25, 0.3) is 0 Å². The van der Waals surface area contributed by atoms with E-state index in [4.69, 9.17) is 11.6 Å². The van der Waals surface area contributed by atoms with Crippen molar-refractivity contribution in [2.45, 2.75) is 51.7 Å². The Kier molecular flexibility index (Phi) is 4.81. The number of carbonyl (C=O) groups excluding carboxylic acids is 1. The molecule has 3 atom stereocenters. The summed E-state index contributed by atoms with van der Waals surface area (Å²) < 4.78 is 0. The smallest absolute Gasteiger partial charge is 0.237 e. The van der Waals surface area contributed by atoms with E-state index in [9.17, 15) is 4.79 Å². The molecule has 1 aliphatic rings. The third-order valence-corrected chi connectivity index (χ3v) is 3.43. The average molecular weight is 245 g/mol. The molecule has 0 aromatic heterocycles. The summed E-state index contributed by atoms with van der Waals surface area (Å²) in [6.45, 7) is 10.2. The van der Waals surface area contributed by atoms with E-state index in [1.807, 2.05) is 6.92 Å². The third kappa shape index (κ3) is 3.22. The van der Waals surface area contributed by atoms with Gasteiger partial charge < -0.3 is 5.32 Å². The SMILES string of the molecule is C=C(Cl)CNC(=O)C(C)N1C(C)CCC1C. The van der Waals surface area contributed by atoms with E-state index in [1.54, 1.807) is 0 Å². The number of nitrogens with zero attached hydrogens (tertiary/aromatic N) is 1. The molecule has 0 aromatic rings. The van der Waals surface area contributed by atoms with Crippen LogP contribution in [0.1, 0.15) is 33.6 Å². The molecule has 0 spiro atoms. The molecule has 3 unspecified atom stereocenters. The highest BCUT2D eigenvalue weighted by Crippen LogP contribution is 2.25. The normalized spacial score (nSPS) is 27.8. The van der Waals surface area contributed by atoms with Gasteiger partial charge in [-0.05, 0) is 33.6 Å². The molecule has 0 aromatic carbocycles. The van der Waals surface area contributed by atoms with Gasteiger partial charge in [-0.15, -0.1) is 0 Å². The number of carbonyl (C=O) groups is 1. The van der Waals surface area contributed by atoms with E-state index in [0.29, 0.717) is 23.7 Å². The van der Waals surface area contributed by atoms with Gasteiger partial charge in [0.25, 0.3) is 0 Å². The van der Waals surface area contributed by atoms with Gasteiger partial charge in [-0.2, -0.15) is 0 Å². The second kappa shape index (κ2) is 5.69. The van der Waals surface area contributed by atoms with Crippen molar-refractivity contribution in [1.82, 2.24) is 10.2 Å². The van der Waals surface area contributed by atoms with Crippen LogP contribution in [0.5, 0.6) is 0 Å². The zero-order valence-electron chi connectivity index (χ0n) is 10.3. The zero-order chi connectivity index (χ0) is 12.3. The Morgan fingerprint density at radius 1 is 1.50 bits per heavy atom. The van der Waals surface area contributed by atoms with Crippen molar-refractivity contribution in [1.29, 1.82) is 0 Å². The van der Waals surface area contributed by atoms with Crippen molar-refractivity contribution in [2.75, 3.05) is 6.54 Å². The molecule has 0 radical (unpaired) electrons. The van der Waals surface area contributed by atoms with Gasteiger partial charge in [0.1, 0.15) is 0 Å². The fraction of sp³-hybridized carbons (Fsp3) is 0.750. The molecule has 4 heteroatoms. The first kappa shape index (κ1) is 13.5. The summed E-state index contributed by atoms with van der Waals surface area (Å²) in [6, 6.07) is 0.869. The Hall–Kier alpha value is -0.540. The summed E-state index contributed by atoms with van der Waals surface area (Å²) in [5, 5.41) is 3.25. The van der Waals surface area contributed by atoms with E-state index in [1.165, 1.54) is 12.8 Å². The summed E-state index contributed by atoms with van der Waals surface area (Å²) in [4.78, 5) is 14.1. The molecule has 1 amide bonds. The minimum atomic E-state index is -0.0940. The molecule has 1 rings (SSSR count). The molecule has 16 heavy (non-hydrogen) atoms. The Morgan fingerprint density at radius 3 is 2.44 bits per heavy atom. The van der Waals surface area contributed by atoms with Crippen LogP contribution in [0.4, 0.5) is 0 Å². The fourth-order valence-electron chi connectivity index (χ4n) is 2.44. The van der Waals surface area contributed by atoms with E-state index in [0.717, 1.165) is 0 Å². The van der Waals surface area contributed by atoms with Gasteiger partial charge in [0, 0.05) is 17.1 Å². The quantitative estimate of drug-likeness (QED) is 0.822. The Labute approximate surface area is 103 Å². The van der Waals surface area contributed by atoms with Crippen LogP contribution in [-0.4, -0.2) is 35.5 Å². The monoisotopic (exact) mass is 244 g/mol. The number of hydrogen-bond acceptors (Lipinski definition) is 2. The van der Waals surface area contributed by atoms with Crippen LogP contribution >= 0.6 is 11.6 Å². The molecule has 92 valence electrons. The van der Waals surface area contributed by atoms with Crippen molar-refractivity contribution in [3.63, 3.8) is 0 Å². The van der Waals surface area contributed by atoms with Crippen LogP contribution in [0.3, 0.4) is 0 Å². The zero-order valence-corrected chi connectivity index (χ0v) is 11.0. The lowest BCUT2D eigenvalue weighted by atomic mass is 10.2. The van der Waals surface area contributed by atoms with Gasteiger partial charge >= 0.3 is 0 Å². The highest BCUT2D eigenvalue weighted by atomic mass is 35.5. The van der Waals surface area contributed by atoms with Crippen LogP contribution in [0.15, 0.2) is 11.6 Å². The minimum Gasteiger partial charge on any atom is -0.350 e. The van der Waals surface area contributed by atoms with Crippen molar-refractivity contribution in [3.05, 3.63) is 11.6 Å². The summed E-state index contributed by atoms with van der Waals surface area (Å²) in [7, 11) is 0. The van der Waals surface area contributed by atoms with Crippen LogP contribution in [-0.2, 0) is 4.79 Å². The van der Waals surface area contributed by atoms with Crippen molar-refractivity contribution in [3.8, 4) is 0 Å². The molecule has 1 heterocycles. The summed E-state index contributed by atoms with van der Waals surface area (Å²) in [6.07, 6.45) is 2.34. The van der Waals surface area contributed by atoms with Gasteiger partial charge in [0.05, 0.1) is 12.6 Å². The maximum atomic E-state index is 11.9. The summed E-state index contributed by atoms with van der Waals surface area (Å²) in [5.74, 6) is 0.0300. The minimum absolute atomic E-state index is 0.0300. The predicted octanol–water partition coefficient (Wildman–Crippen LogP) is 2.12. The molecule has 0 bridgehead atoms. The molecule has 3 nitrogen and oxygen atoms in total. The molecule has 0 aliphatic carbocycles. The lowest BCUT2D eigenvalue weighted by Gasteiger charge is -2.31. The Balaban J connectivity index is 2.52. The van der Waals surface area contributed by atoms with E-state index >= 15 is 0 Å². The molecular weight excluding hydrogens is 224 g/mol. The van der Waals surface area contributed by atoms with E-state index in [2.05, 4.69) is 30.6 Å². The second-order valence-electron chi connectivity index (χ2n) is 4.63.